The summed E-state index contributed by atoms with van der Waals surface area (Å²) in [6.07, 6.45) is 2.38. The lowest BCUT2D eigenvalue weighted by Crippen LogP contribution is -2.24. The first kappa shape index (κ1) is 24.9. The number of nitrogens with zero attached hydrogens (tertiary/aromatic N) is 3. The Labute approximate surface area is 218 Å². The topological polar surface area (TPSA) is 56.6 Å². The number of ether oxygens (including phenoxy) is 2. The van der Waals surface area contributed by atoms with E-state index < -0.39 is 0 Å². The maximum absolute atomic E-state index is 13.0. The molecule has 0 aliphatic carbocycles. The molecule has 6 nitrogen and oxygen atoms in total. The first-order chi connectivity index (χ1) is 18.0. The summed E-state index contributed by atoms with van der Waals surface area (Å²) in [6, 6.07) is 22.4. The Balaban J connectivity index is 1.27. The van der Waals surface area contributed by atoms with Crippen LogP contribution in [-0.4, -0.2) is 35.2 Å². The van der Waals surface area contributed by atoms with Crippen molar-refractivity contribution in [1.29, 1.82) is 0 Å². The summed E-state index contributed by atoms with van der Waals surface area (Å²) in [5.41, 5.74) is 5.45. The minimum atomic E-state index is 0.0537. The van der Waals surface area contributed by atoms with Crippen LogP contribution in [0.3, 0.4) is 0 Å². The van der Waals surface area contributed by atoms with E-state index >= 15 is 0 Å². The van der Waals surface area contributed by atoms with Gasteiger partial charge in [0.25, 0.3) is 0 Å². The molecule has 1 aromatic heterocycles. The number of unbranched alkanes of at least 4 members (excludes halogenated alkanes) is 1. The van der Waals surface area contributed by atoms with Crippen LogP contribution in [0.15, 0.2) is 66.7 Å². The Morgan fingerprint density at radius 1 is 0.919 bits per heavy atom. The van der Waals surface area contributed by atoms with E-state index in [9.17, 15) is 4.79 Å². The van der Waals surface area contributed by atoms with Crippen LogP contribution < -0.4 is 14.4 Å². The van der Waals surface area contributed by atoms with Gasteiger partial charge in [0.15, 0.2) is 0 Å². The number of benzene rings is 3. The predicted octanol–water partition coefficient (Wildman–Crippen LogP) is 6.43. The zero-order chi connectivity index (χ0) is 25.8. The minimum Gasteiger partial charge on any atom is -0.494 e. The summed E-state index contributed by atoms with van der Waals surface area (Å²) in [4.78, 5) is 19.9. The van der Waals surface area contributed by atoms with Crippen molar-refractivity contribution in [3.05, 3.63) is 83.7 Å². The van der Waals surface area contributed by atoms with Gasteiger partial charge < -0.3 is 18.9 Å². The van der Waals surface area contributed by atoms with Crippen LogP contribution in [0.2, 0.25) is 0 Å². The third kappa shape index (κ3) is 5.63. The van der Waals surface area contributed by atoms with Crippen molar-refractivity contribution in [2.24, 2.45) is 0 Å². The van der Waals surface area contributed by atoms with Crippen LogP contribution >= 0.6 is 0 Å². The molecule has 0 bridgehead atoms. The van der Waals surface area contributed by atoms with Crippen molar-refractivity contribution in [3.8, 4) is 11.5 Å². The summed E-state index contributed by atoms with van der Waals surface area (Å²) < 4.78 is 13.9. The van der Waals surface area contributed by atoms with Gasteiger partial charge in [-0.3, -0.25) is 4.79 Å². The molecule has 37 heavy (non-hydrogen) atoms. The van der Waals surface area contributed by atoms with Crippen LogP contribution in [0.25, 0.3) is 11.0 Å². The second-order valence-electron chi connectivity index (χ2n) is 9.82. The van der Waals surface area contributed by atoms with Crippen molar-refractivity contribution < 1.29 is 14.3 Å². The third-order valence-corrected chi connectivity index (χ3v) is 6.87. The first-order valence-electron chi connectivity index (χ1n) is 13.2. The predicted molar refractivity (Wildman–Crippen MR) is 148 cm³/mol. The highest BCUT2D eigenvalue weighted by Gasteiger charge is 2.34. The summed E-state index contributed by atoms with van der Waals surface area (Å²) >= 11 is 0. The maximum Gasteiger partial charge on any atom is 0.227 e. The lowest BCUT2D eigenvalue weighted by Gasteiger charge is -2.18. The molecule has 0 radical (unpaired) electrons. The molecule has 2 heterocycles. The molecule has 0 spiro atoms. The van der Waals surface area contributed by atoms with Gasteiger partial charge in [-0.2, -0.15) is 0 Å². The highest BCUT2D eigenvalue weighted by molar-refractivity contribution is 5.96. The average Bonchev–Trinajstić information content (AvgIpc) is 3.44. The zero-order valence-electron chi connectivity index (χ0n) is 21.9. The number of rotatable bonds is 10. The third-order valence-electron chi connectivity index (χ3n) is 6.87. The number of aromatic nitrogens is 2. The van der Waals surface area contributed by atoms with E-state index in [-0.39, 0.29) is 11.8 Å². The maximum atomic E-state index is 13.0. The van der Waals surface area contributed by atoms with Gasteiger partial charge in [-0.25, -0.2) is 4.98 Å². The highest BCUT2D eigenvalue weighted by Crippen LogP contribution is 2.34. The molecule has 1 fully saturated rings. The van der Waals surface area contributed by atoms with Gasteiger partial charge in [-0.05, 0) is 93.3 Å². The van der Waals surface area contributed by atoms with E-state index in [1.165, 1.54) is 11.1 Å². The molecule has 5 rings (SSSR count). The molecule has 0 saturated carbocycles. The van der Waals surface area contributed by atoms with Crippen LogP contribution in [-0.2, 0) is 11.3 Å². The molecule has 1 atom stereocenters. The van der Waals surface area contributed by atoms with Crippen molar-refractivity contribution in [3.63, 3.8) is 0 Å². The fourth-order valence-corrected chi connectivity index (χ4v) is 5.24. The molecule has 1 saturated heterocycles. The molecule has 4 aromatic rings. The van der Waals surface area contributed by atoms with Gasteiger partial charge >= 0.3 is 0 Å². The Morgan fingerprint density at radius 2 is 1.68 bits per heavy atom. The fourth-order valence-electron chi connectivity index (χ4n) is 5.24. The van der Waals surface area contributed by atoms with Crippen LogP contribution in [0.5, 0.6) is 11.5 Å². The molecule has 1 amide bonds. The van der Waals surface area contributed by atoms with Gasteiger partial charge in [0, 0.05) is 31.1 Å². The molecule has 0 N–H and O–H groups in total. The molecular formula is C31H35N3O3. The lowest BCUT2D eigenvalue weighted by molar-refractivity contribution is -0.117. The molecule has 1 aliphatic heterocycles. The number of carbonyl (C=O) groups is 1. The quantitative estimate of drug-likeness (QED) is 0.237. The zero-order valence-corrected chi connectivity index (χ0v) is 21.9. The number of imidazole rings is 1. The Morgan fingerprint density at radius 3 is 2.43 bits per heavy atom. The monoisotopic (exact) mass is 497 g/mol. The summed E-state index contributed by atoms with van der Waals surface area (Å²) in [6.45, 7) is 8.93. The van der Waals surface area contributed by atoms with Gasteiger partial charge in [-0.1, -0.05) is 18.2 Å². The lowest BCUT2D eigenvalue weighted by atomic mass is 10.1. The number of fused-ring (bicyclic) bond motifs is 1. The standard InChI is InChI=1S/C31H35N3O3/c1-4-36-26-13-11-25(12-14-26)34-21-24(20-30(34)35)31-32-28-9-5-6-10-29(28)33(31)15-7-8-16-37-27-18-22(2)17-23(3)19-27/h5-6,9-14,17-19,24H,4,7-8,15-16,20-21H2,1-3H3. The number of hydrogen-bond acceptors (Lipinski definition) is 4. The highest BCUT2D eigenvalue weighted by atomic mass is 16.5. The van der Waals surface area contributed by atoms with E-state index in [4.69, 9.17) is 14.5 Å². The molecule has 1 aliphatic rings. The van der Waals surface area contributed by atoms with E-state index in [1.807, 2.05) is 42.2 Å². The van der Waals surface area contributed by atoms with Crippen molar-refractivity contribution in [2.45, 2.75) is 52.5 Å². The second kappa shape index (κ2) is 11.1. The number of carbonyl (C=O) groups excluding carboxylic acids is 1. The first-order valence-corrected chi connectivity index (χ1v) is 13.2. The number of amides is 1. The van der Waals surface area contributed by atoms with Crippen LogP contribution in [0.1, 0.15) is 49.1 Å². The summed E-state index contributed by atoms with van der Waals surface area (Å²) in [7, 11) is 0. The van der Waals surface area contributed by atoms with Crippen molar-refractivity contribution in [2.75, 3.05) is 24.7 Å². The van der Waals surface area contributed by atoms with E-state index in [2.05, 4.69) is 54.8 Å². The van der Waals surface area contributed by atoms with Crippen LogP contribution in [0, 0.1) is 13.8 Å². The van der Waals surface area contributed by atoms with Gasteiger partial charge in [0.1, 0.15) is 17.3 Å². The fraction of sp³-hybridized carbons (Fsp3) is 0.355. The van der Waals surface area contributed by atoms with Crippen LogP contribution in [0.4, 0.5) is 5.69 Å². The van der Waals surface area contributed by atoms with Crippen molar-refractivity contribution in [1.82, 2.24) is 9.55 Å². The minimum absolute atomic E-state index is 0.0537. The van der Waals surface area contributed by atoms with Gasteiger partial charge in [0.2, 0.25) is 5.91 Å². The van der Waals surface area contributed by atoms with Crippen molar-refractivity contribution >= 4 is 22.6 Å². The molecule has 3 aromatic carbocycles. The van der Waals surface area contributed by atoms with Gasteiger partial charge in [0.05, 0.1) is 24.2 Å². The largest absolute Gasteiger partial charge is 0.494 e. The van der Waals surface area contributed by atoms with E-state index in [0.29, 0.717) is 26.2 Å². The number of para-hydroxylation sites is 2. The van der Waals surface area contributed by atoms with E-state index in [0.717, 1.165) is 53.4 Å². The average molecular weight is 498 g/mol. The molecule has 6 heteroatoms. The number of aryl methyl sites for hydroxylation is 3. The normalized spacial score (nSPS) is 15.5. The second-order valence-corrected chi connectivity index (χ2v) is 9.82. The Bertz CT molecular complexity index is 1360. The van der Waals surface area contributed by atoms with E-state index in [1.54, 1.807) is 0 Å². The van der Waals surface area contributed by atoms with Gasteiger partial charge in [-0.15, -0.1) is 0 Å². The number of anilines is 1. The summed E-state index contributed by atoms with van der Waals surface area (Å²) in [5.74, 6) is 2.94. The SMILES string of the molecule is CCOc1ccc(N2CC(c3nc4ccccc4n3CCCCOc3cc(C)cc(C)c3)CC2=O)cc1. The summed E-state index contributed by atoms with van der Waals surface area (Å²) in [5, 5.41) is 0. The smallest absolute Gasteiger partial charge is 0.227 e. The molecule has 192 valence electrons. The Hall–Kier alpha value is -3.80. The molecule has 1 unspecified atom stereocenters. The number of hydrogen-bond donors (Lipinski definition) is 0. The Kier molecular flexibility index (Phi) is 7.45. The molecular weight excluding hydrogens is 462 g/mol.